The SMILES string of the molecule is CC(OP(=O)(O)O)[C@H]1O[C@@H](n2cnc3c(=O)[nH]cnc32)[C@H](O)[C@@H]1O. The summed E-state index contributed by atoms with van der Waals surface area (Å²) in [7, 11) is -4.80. The van der Waals surface area contributed by atoms with Crippen molar-refractivity contribution in [2.24, 2.45) is 0 Å². The predicted molar refractivity (Wildman–Crippen MR) is 76.7 cm³/mol. The van der Waals surface area contributed by atoms with Gasteiger partial charge >= 0.3 is 7.82 Å². The molecule has 0 bridgehead atoms. The number of aliphatic hydroxyl groups is 2. The lowest BCUT2D eigenvalue weighted by molar-refractivity contribution is -0.0757. The van der Waals surface area contributed by atoms with Crippen LogP contribution in [0.5, 0.6) is 0 Å². The summed E-state index contributed by atoms with van der Waals surface area (Å²) in [4.78, 5) is 39.5. The van der Waals surface area contributed by atoms with Gasteiger partial charge < -0.3 is 29.7 Å². The fourth-order valence-corrected chi connectivity index (χ4v) is 3.18. The molecule has 0 spiro atoms. The Hall–Kier alpha value is -1.66. The van der Waals surface area contributed by atoms with Crippen LogP contribution in [0, 0.1) is 0 Å². The van der Waals surface area contributed by atoms with E-state index in [0.717, 1.165) is 6.33 Å². The van der Waals surface area contributed by atoms with Crippen molar-refractivity contribution in [3.63, 3.8) is 0 Å². The Balaban J connectivity index is 1.91. The molecule has 2 aromatic heterocycles. The molecule has 3 heterocycles. The highest BCUT2D eigenvalue weighted by Gasteiger charge is 2.48. The number of phosphoric ester groups is 1. The maximum atomic E-state index is 11.7. The summed E-state index contributed by atoms with van der Waals surface area (Å²) in [5.41, 5.74) is -0.341. The predicted octanol–water partition coefficient (Wildman–Crippen LogP) is -1.76. The molecule has 1 fully saturated rings. The van der Waals surface area contributed by atoms with Gasteiger partial charge in [-0.15, -0.1) is 0 Å². The minimum absolute atomic E-state index is 0.0192. The van der Waals surface area contributed by atoms with Crippen molar-refractivity contribution in [2.75, 3.05) is 0 Å². The van der Waals surface area contributed by atoms with Gasteiger partial charge in [0.05, 0.1) is 18.8 Å². The maximum Gasteiger partial charge on any atom is 0.469 e. The molecule has 132 valence electrons. The number of fused-ring (bicyclic) bond motifs is 1. The molecule has 1 saturated heterocycles. The lowest BCUT2D eigenvalue weighted by atomic mass is 10.1. The zero-order valence-electron chi connectivity index (χ0n) is 12.3. The Bertz CT molecular complexity index is 846. The Morgan fingerprint density at radius 3 is 2.75 bits per heavy atom. The molecule has 0 aliphatic carbocycles. The fraction of sp³-hybridized carbons (Fsp3) is 0.545. The molecule has 2 aromatic rings. The summed E-state index contributed by atoms with van der Waals surface area (Å²) >= 11 is 0. The van der Waals surface area contributed by atoms with E-state index in [1.54, 1.807) is 0 Å². The van der Waals surface area contributed by atoms with Gasteiger partial charge in [0, 0.05) is 0 Å². The van der Waals surface area contributed by atoms with Crippen LogP contribution in [0.15, 0.2) is 17.4 Å². The molecule has 1 unspecified atom stereocenters. The van der Waals surface area contributed by atoms with E-state index in [1.807, 2.05) is 0 Å². The molecule has 1 aliphatic rings. The lowest BCUT2D eigenvalue weighted by Crippen LogP contribution is -2.38. The Kier molecular flexibility index (Phi) is 4.30. The Morgan fingerprint density at radius 1 is 1.38 bits per heavy atom. The van der Waals surface area contributed by atoms with E-state index in [2.05, 4.69) is 19.5 Å². The summed E-state index contributed by atoms with van der Waals surface area (Å²) in [5.74, 6) is 0. The van der Waals surface area contributed by atoms with E-state index < -0.39 is 44.0 Å². The van der Waals surface area contributed by atoms with Gasteiger partial charge in [0.15, 0.2) is 17.4 Å². The number of H-pyrrole nitrogens is 1. The summed E-state index contributed by atoms with van der Waals surface area (Å²) in [6.07, 6.45) is -4.13. The van der Waals surface area contributed by atoms with Crippen LogP contribution in [0.4, 0.5) is 0 Å². The molecule has 0 saturated carbocycles. The number of aliphatic hydroxyl groups excluding tert-OH is 2. The number of rotatable bonds is 4. The van der Waals surface area contributed by atoms with Crippen molar-refractivity contribution < 1.29 is 33.8 Å². The van der Waals surface area contributed by atoms with Gasteiger partial charge in [-0.25, -0.2) is 14.5 Å². The molecule has 0 aromatic carbocycles. The molecule has 12 nitrogen and oxygen atoms in total. The van der Waals surface area contributed by atoms with Gasteiger partial charge in [-0.1, -0.05) is 0 Å². The first kappa shape index (κ1) is 17.2. The minimum atomic E-state index is -4.80. The van der Waals surface area contributed by atoms with E-state index in [0.29, 0.717) is 0 Å². The molecule has 5 N–H and O–H groups in total. The highest BCUT2D eigenvalue weighted by Crippen LogP contribution is 2.41. The number of ether oxygens (including phenoxy) is 1. The van der Waals surface area contributed by atoms with Crippen LogP contribution in [-0.2, 0) is 13.8 Å². The van der Waals surface area contributed by atoms with E-state index in [1.165, 1.54) is 17.8 Å². The number of imidazole rings is 1. The molecular formula is C11H15N4O8P. The van der Waals surface area contributed by atoms with Crippen LogP contribution < -0.4 is 5.56 Å². The van der Waals surface area contributed by atoms with Gasteiger partial charge in [-0.3, -0.25) is 13.9 Å². The third kappa shape index (κ3) is 3.00. The Morgan fingerprint density at radius 2 is 2.08 bits per heavy atom. The summed E-state index contributed by atoms with van der Waals surface area (Å²) < 4.78 is 22.1. The molecule has 5 atom stereocenters. The van der Waals surface area contributed by atoms with E-state index in [9.17, 15) is 19.6 Å². The number of hydrogen-bond acceptors (Lipinski definition) is 8. The second kappa shape index (κ2) is 6.01. The average molecular weight is 362 g/mol. The monoisotopic (exact) mass is 362 g/mol. The fourth-order valence-electron chi connectivity index (χ4n) is 2.63. The van der Waals surface area contributed by atoms with E-state index in [-0.39, 0.29) is 11.2 Å². The summed E-state index contributed by atoms with van der Waals surface area (Å²) in [6, 6.07) is 0. The van der Waals surface area contributed by atoms with E-state index in [4.69, 9.17) is 14.5 Å². The molecule has 0 amide bonds. The van der Waals surface area contributed by atoms with Crippen LogP contribution in [0.3, 0.4) is 0 Å². The van der Waals surface area contributed by atoms with Crippen LogP contribution in [0.1, 0.15) is 13.2 Å². The van der Waals surface area contributed by atoms with Crippen LogP contribution in [0.25, 0.3) is 11.2 Å². The van der Waals surface area contributed by atoms with Crippen LogP contribution >= 0.6 is 7.82 Å². The largest absolute Gasteiger partial charge is 0.469 e. The third-order valence-electron chi connectivity index (χ3n) is 3.68. The zero-order valence-corrected chi connectivity index (χ0v) is 13.1. The standard InChI is InChI=1S/C11H15N4O8P/c1-4(23-24(19,20)21)8-6(16)7(17)11(22-8)15-3-14-5-9(15)12-2-13-10(5)18/h2-4,6-8,11,16-17H,1H3,(H,12,13,18)(H2,19,20,21)/t4?,6-,7+,8+,11+/m0/s1. The zero-order chi connectivity index (χ0) is 17.6. The smallest absolute Gasteiger partial charge is 0.387 e. The summed E-state index contributed by atoms with van der Waals surface area (Å²) in [5, 5.41) is 20.3. The number of phosphoric acid groups is 1. The van der Waals surface area contributed by atoms with Crippen molar-refractivity contribution in [2.45, 2.75) is 37.6 Å². The number of hydrogen-bond donors (Lipinski definition) is 5. The maximum absolute atomic E-state index is 11.7. The van der Waals surface area contributed by atoms with Crippen molar-refractivity contribution >= 4 is 19.0 Å². The molecule has 0 radical (unpaired) electrons. The first-order valence-electron chi connectivity index (χ1n) is 6.85. The highest BCUT2D eigenvalue weighted by atomic mass is 31.2. The number of aromatic nitrogens is 4. The lowest BCUT2D eigenvalue weighted by Gasteiger charge is -2.22. The van der Waals surface area contributed by atoms with Gasteiger partial charge in [0.2, 0.25) is 0 Å². The second-order valence-corrected chi connectivity index (χ2v) is 6.52. The first-order chi connectivity index (χ1) is 11.2. The van der Waals surface area contributed by atoms with Gasteiger partial charge in [0.25, 0.3) is 5.56 Å². The molecule has 13 heteroatoms. The summed E-state index contributed by atoms with van der Waals surface area (Å²) in [6.45, 7) is 1.29. The minimum Gasteiger partial charge on any atom is -0.387 e. The Labute approximate surface area is 133 Å². The van der Waals surface area contributed by atoms with Crippen LogP contribution in [-0.4, -0.2) is 63.9 Å². The van der Waals surface area contributed by atoms with Gasteiger partial charge in [-0.2, -0.15) is 0 Å². The van der Waals surface area contributed by atoms with Crippen molar-refractivity contribution in [3.8, 4) is 0 Å². The topological polar surface area (TPSA) is 180 Å². The van der Waals surface area contributed by atoms with Gasteiger partial charge in [0.1, 0.15) is 18.3 Å². The third-order valence-corrected chi connectivity index (χ3v) is 4.29. The number of nitrogens with zero attached hydrogens (tertiary/aromatic N) is 3. The van der Waals surface area contributed by atoms with Gasteiger partial charge in [-0.05, 0) is 6.92 Å². The first-order valence-corrected chi connectivity index (χ1v) is 8.38. The van der Waals surface area contributed by atoms with E-state index >= 15 is 0 Å². The molecule has 24 heavy (non-hydrogen) atoms. The number of nitrogens with one attached hydrogen (secondary N) is 1. The van der Waals surface area contributed by atoms with Crippen molar-refractivity contribution in [1.82, 2.24) is 19.5 Å². The molecule has 3 rings (SSSR count). The molecular weight excluding hydrogens is 347 g/mol. The second-order valence-electron chi connectivity index (χ2n) is 5.33. The molecule has 1 aliphatic heterocycles. The van der Waals surface area contributed by atoms with Crippen molar-refractivity contribution in [1.29, 1.82) is 0 Å². The quantitative estimate of drug-likeness (QED) is 0.391. The van der Waals surface area contributed by atoms with Crippen molar-refractivity contribution in [3.05, 3.63) is 23.0 Å². The normalized spacial score (nSPS) is 29.2. The highest BCUT2D eigenvalue weighted by molar-refractivity contribution is 7.46. The average Bonchev–Trinajstić information content (AvgIpc) is 3.01. The van der Waals surface area contributed by atoms with Crippen LogP contribution in [0.2, 0.25) is 0 Å². The number of aromatic amines is 1.